The molecular formula is C2H5F3O2. The van der Waals surface area contributed by atoms with Crippen LogP contribution in [0.25, 0.3) is 0 Å². The third-order valence-electron chi connectivity index (χ3n) is 0.124. The molecule has 0 fully saturated rings. The lowest BCUT2D eigenvalue weighted by molar-refractivity contribution is -0.132. The number of aliphatic hydroxyl groups excluding tert-OH is 1. The van der Waals surface area contributed by atoms with Crippen molar-refractivity contribution in [3.05, 3.63) is 0 Å². The molecule has 1 N–H and O–H groups in total. The van der Waals surface area contributed by atoms with Gasteiger partial charge in [-0.1, -0.05) is 0 Å². The highest BCUT2D eigenvalue weighted by atomic mass is 19.1. The first-order valence-electron chi connectivity index (χ1n) is 1.06. The van der Waals surface area contributed by atoms with Crippen LogP contribution in [0.1, 0.15) is 0 Å². The van der Waals surface area contributed by atoms with Crippen molar-refractivity contribution in [1.29, 1.82) is 0 Å². The second-order valence-electron chi connectivity index (χ2n) is 0.513. The van der Waals surface area contributed by atoms with E-state index in [1.807, 2.05) is 0 Å². The zero-order valence-electron chi connectivity index (χ0n) is 3.26. The van der Waals surface area contributed by atoms with E-state index in [0.29, 0.717) is 0 Å². The highest BCUT2D eigenvalue weighted by molar-refractivity contribution is 5.68. The van der Waals surface area contributed by atoms with Gasteiger partial charge in [0.15, 0.2) is 0 Å². The second kappa shape index (κ2) is 9.05. The lowest BCUT2D eigenvalue weighted by Crippen LogP contribution is -1.91. The molecule has 0 aromatic carbocycles. The van der Waals surface area contributed by atoms with Gasteiger partial charge in [-0.3, -0.25) is 14.2 Å². The smallest absolute Gasteiger partial charge is 0.326 e. The van der Waals surface area contributed by atoms with E-state index in [0.717, 1.165) is 0 Å². The predicted molar refractivity (Wildman–Crippen MR) is 18.2 cm³/mol. The van der Waals surface area contributed by atoms with Crippen LogP contribution in [0.3, 0.4) is 0 Å². The molecule has 0 rings (SSSR count). The third kappa shape index (κ3) is 31.4. The van der Waals surface area contributed by atoms with Crippen molar-refractivity contribution >= 4 is 6.04 Å². The molecule has 0 aliphatic heterocycles. The highest BCUT2D eigenvalue weighted by Crippen LogP contribution is 1.62. The Morgan fingerprint density at radius 2 is 1.71 bits per heavy atom. The summed E-state index contributed by atoms with van der Waals surface area (Å²) in [5, 5.41) is 7.42. The van der Waals surface area contributed by atoms with Crippen LogP contribution >= 0.6 is 0 Å². The van der Waals surface area contributed by atoms with Gasteiger partial charge in [0, 0.05) is 0 Å². The maximum absolute atomic E-state index is 10.5. The molecule has 0 atom stereocenters. The summed E-state index contributed by atoms with van der Waals surface area (Å²) < 4.78 is 10.5. The van der Waals surface area contributed by atoms with Crippen molar-refractivity contribution in [2.75, 3.05) is 6.61 Å². The number of carbonyl (C=O) groups excluding carboxylic acids is 1. The summed E-state index contributed by atoms with van der Waals surface area (Å²) in [6.45, 7) is -1.00. The van der Waals surface area contributed by atoms with Crippen LogP contribution in [0.15, 0.2) is 0 Å². The number of halogens is 3. The van der Waals surface area contributed by atoms with E-state index in [1.165, 1.54) is 0 Å². The Morgan fingerprint density at radius 1 is 1.57 bits per heavy atom. The normalized spacial score (nSPS) is 5.43. The minimum Gasteiger partial charge on any atom is -0.386 e. The molecule has 5 heteroatoms. The van der Waals surface area contributed by atoms with Gasteiger partial charge in [-0.05, 0) is 0 Å². The summed E-state index contributed by atoms with van der Waals surface area (Å²) in [4.78, 5) is 8.90. The molecule has 0 aromatic heterocycles. The lowest BCUT2D eigenvalue weighted by Gasteiger charge is -1.67. The SMILES string of the molecule is F.F.O=C(F)CO. The quantitative estimate of drug-likeness (QED) is 0.483. The zero-order valence-corrected chi connectivity index (χ0v) is 3.26. The molecular weight excluding hydrogens is 113 g/mol. The third-order valence-corrected chi connectivity index (χ3v) is 0.124. The topological polar surface area (TPSA) is 37.3 Å². The Balaban J connectivity index is -0.0000000800. The minimum absolute atomic E-state index is 0. The van der Waals surface area contributed by atoms with Gasteiger partial charge in [-0.25, -0.2) is 0 Å². The molecule has 7 heavy (non-hydrogen) atoms. The number of hydrogen-bond acceptors (Lipinski definition) is 2. The number of aliphatic hydroxyl groups is 1. The van der Waals surface area contributed by atoms with E-state index < -0.39 is 12.6 Å². The largest absolute Gasteiger partial charge is 0.386 e. The molecule has 46 valence electrons. The fraction of sp³-hybridized carbons (Fsp3) is 0.500. The molecule has 0 aromatic rings. The average Bonchev–Trinajstić information content (AvgIpc) is 1.38. The maximum atomic E-state index is 10.5. The van der Waals surface area contributed by atoms with Crippen molar-refractivity contribution in [1.82, 2.24) is 0 Å². The molecule has 0 amide bonds. The van der Waals surface area contributed by atoms with Crippen molar-refractivity contribution in [2.24, 2.45) is 0 Å². The van der Waals surface area contributed by atoms with Crippen molar-refractivity contribution in [3.8, 4) is 0 Å². The first-order valence-corrected chi connectivity index (χ1v) is 1.06. The Labute approximate surface area is 37.7 Å². The Hall–Kier alpha value is -0.580. The minimum atomic E-state index is -1.69. The summed E-state index contributed by atoms with van der Waals surface area (Å²) in [7, 11) is 0. The van der Waals surface area contributed by atoms with E-state index in [2.05, 4.69) is 0 Å². The molecule has 0 saturated carbocycles. The van der Waals surface area contributed by atoms with E-state index in [9.17, 15) is 4.39 Å². The van der Waals surface area contributed by atoms with Crippen LogP contribution in [-0.2, 0) is 4.79 Å². The van der Waals surface area contributed by atoms with Gasteiger partial charge in [0.1, 0.15) is 6.61 Å². The van der Waals surface area contributed by atoms with E-state index in [1.54, 1.807) is 0 Å². The summed E-state index contributed by atoms with van der Waals surface area (Å²) >= 11 is 0. The van der Waals surface area contributed by atoms with Crippen LogP contribution in [0.5, 0.6) is 0 Å². The van der Waals surface area contributed by atoms with Gasteiger partial charge >= 0.3 is 6.04 Å². The number of carbonyl (C=O) groups is 1. The van der Waals surface area contributed by atoms with Crippen molar-refractivity contribution < 1.29 is 23.7 Å². The fourth-order valence-corrected chi connectivity index (χ4v) is 0. The van der Waals surface area contributed by atoms with Gasteiger partial charge in [0.05, 0.1) is 0 Å². The highest BCUT2D eigenvalue weighted by Gasteiger charge is 1.85. The molecule has 0 bridgehead atoms. The van der Waals surface area contributed by atoms with Gasteiger partial charge < -0.3 is 5.11 Å². The Kier molecular flexibility index (Phi) is 20.9. The molecule has 0 heterocycles. The second-order valence-corrected chi connectivity index (χ2v) is 0.513. The first-order chi connectivity index (χ1) is 2.27. The molecule has 0 aliphatic rings. The molecule has 0 radical (unpaired) electrons. The molecule has 2 nitrogen and oxygen atoms in total. The van der Waals surface area contributed by atoms with Crippen LogP contribution in [0.4, 0.5) is 13.8 Å². The predicted octanol–water partition coefficient (Wildman–Crippen LogP) is -0.220. The Morgan fingerprint density at radius 3 is 1.71 bits per heavy atom. The van der Waals surface area contributed by atoms with E-state index in [-0.39, 0.29) is 9.41 Å². The van der Waals surface area contributed by atoms with Crippen LogP contribution < -0.4 is 0 Å². The standard InChI is InChI=1S/C2H3FO2.2FH/c3-2(5)1-4;;/h4H,1H2;2*1H. The first kappa shape index (κ1) is 16.1. The summed E-state index contributed by atoms with van der Waals surface area (Å²) in [6, 6.07) is -1.69. The zero-order chi connectivity index (χ0) is 4.28. The monoisotopic (exact) mass is 118 g/mol. The van der Waals surface area contributed by atoms with Gasteiger partial charge in [-0.2, -0.15) is 4.39 Å². The van der Waals surface area contributed by atoms with Crippen molar-refractivity contribution in [3.63, 3.8) is 0 Å². The van der Waals surface area contributed by atoms with Crippen LogP contribution in [0, 0.1) is 0 Å². The molecule has 0 unspecified atom stereocenters. The van der Waals surface area contributed by atoms with Gasteiger partial charge in [0.2, 0.25) is 0 Å². The van der Waals surface area contributed by atoms with Crippen LogP contribution in [-0.4, -0.2) is 17.8 Å². The maximum Gasteiger partial charge on any atom is 0.326 e. The summed E-state index contributed by atoms with van der Waals surface area (Å²) in [6.07, 6.45) is 0. The van der Waals surface area contributed by atoms with Gasteiger partial charge in [-0.15, -0.1) is 0 Å². The van der Waals surface area contributed by atoms with E-state index >= 15 is 0 Å². The average molecular weight is 118 g/mol. The molecule has 0 spiro atoms. The fourth-order valence-electron chi connectivity index (χ4n) is 0. The lowest BCUT2D eigenvalue weighted by atomic mass is 10.8. The number of rotatable bonds is 1. The van der Waals surface area contributed by atoms with Gasteiger partial charge in [0.25, 0.3) is 0 Å². The van der Waals surface area contributed by atoms with Crippen LogP contribution in [0.2, 0.25) is 0 Å². The Bertz CT molecular complexity index is 46.2. The molecule has 0 saturated heterocycles. The summed E-state index contributed by atoms with van der Waals surface area (Å²) in [5.41, 5.74) is 0. The number of hydrogen-bond donors (Lipinski definition) is 1. The van der Waals surface area contributed by atoms with E-state index in [4.69, 9.17) is 9.90 Å². The summed E-state index contributed by atoms with van der Waals surface area (Å²) in [5.74, 6) is 0. The molecule has 0 aliphatic carbocycles. The van der Waals surface area contributed by atoms with Crippen molar-refractivity contribution in [2.45, 2.75) is 0 Å².